The summed E-state index contributed by atoms with van der Waals surface area (Å²) in [7, 11) is -4.09. The number of nitrogens with zero attached hydrogens (tertiary/aromatic N) is 2. The maximum Gasteiger partial charge on any atom is 0.294 e. The molecule has 0 bridgehead atoms. The minimum atomic E-state index is -4.09. The fourth-order valence-electron chi connectivity index (χ4n) is 3.86. The molecular formula is C24H26ClN3O3S. The second-order valence-electron chi connectivity index (χ2n) is 7.57. The van der Waals surface area contributed by atoms with Gasteiger partial charge in [0.15, 0.2) is 0 Å². The quantitative estimate of drug-likeness (QED) is 0.492. The molecule has 1 heterocycles. The van der Waals surface area contributed by atoms with Crippen molar-refractivity contribution >= 4 is 44.7 Å². The minimum absolute atomic E-state index is 0.0730. The number of aliphatic imine (C=N–C) groups is 2. The van der Waals surface area contributed by atoms with Gasteiger partial charge in [-0.2, -0.15) is 8.42 Å². The van der Waals surface area contributed by atoms with Crippen molar-refractivity contribution in [3.63, 3.8) is 0 Å². The molecule has 4 rings (SSSR count). The van der Waals surface area contributed by atoms with Gasteiger partial charge in [0.25, 0.3) is 10.1 Å². The van der Waals surface area contributed by atoms with Crippen LogP contribution in [0.4, 0.5) is 0 Å². The van der Waals surface area contributed by atoms with E-state index in [-0.39, 0.29) is 16.4 Å². The molecule has 0 saturated heterocycles. The molecule has 168 valence electrons. The Hall–Kier alpha value is -2.74. The minimum Gasteiger partial charge on any atom is -0.368 e. The topological polar surface area (TPSA) is 105 Å². The van der Waals surface area contributed by atoms with Crippen LogP contribution < -0.4 is 5.73 Å². The first-order chi connectivity index (χ1) is 15.2. The molecule has 1 unspecified atom stereocenters. The molecule has 1 aliphatic heterocycles. The molecule has 0 aliphatic carbocycles. The van der Waals surface area contributed by atoms with Crippen molar-refractivity contribution in [1.82, 2.24) is 0 Å². The summed E-state index contributed by atoms with van der Waals surface area (Å²) in [5.74, 6) is 0.543. The predicted octanol–water partition coefficient (Wildman–Crippen LogP) is 5.47. The van der Waals surface area contributed by atoms with Crippen molar-refractivity contribution in [3.05, 3.63) is 77.3 Å². The Morgan fingerprint density at radius 1 is 1.00 bits per heavy atom. The summed E-state index contributed by atoms with van der Waals surface area (Å²) in [5, 5.41) is 2.48. The van der Waals surface area contributed by atoms with Gasteiger partial charge in [-0.1, -0.05) is 67.9 Å². The van der Waals surface area contributed by atoms with E-state index in [4.69, 9.17) is 21.9 Å². The number of hydrogen-bond acceptors (Lipinski definition) is 5. The number of guanidine groups is 1. The van der Waals surface area contributed by atoms with Crippen molar-refractivity contribution in [2.75, 3.05) is 0 Å². The number of halogens is 1. The van der Waals surface area contributed by atoms with Crippen LogP contribution in [0, 0.1) is 0 Å². The molecule has 3 aromatic carbocycles. The highest BCUT2D eigenvalue weighted by Crippen LogP contribution is 2.38. The third-order valence-electron chi connectivity index (χ3n) is 5.74. The maximum absolute atomic E-state index is 10.8. The van der Waals surface area contributed by atoms with Gasteiger partial charge in [-0.15, -0.1) is 0 Å². The van der Waals surface area contributed by atoms with Crippen LogP contribution in [-0.4, -0.2) is 30.7 Å². The monoisotopic (exact) mass is 471 g/mol. The molecule has 8 heteroatoms. The lowest BCUT2D eigenvalue weighted by atomic mass is 9.76. The standard InChI is InChI=1S/C14H18ClN3.C10H8O3S/c1-3-14(4-2)12(9-17-13(16)18-14)10-5-7-11(15)8-6-10;11-14(12,13)10-6-5-8-3-1-2-4-9(8)7-10/h5-9,12H,3-4H2,1-2H3,(H2,16,18);1-7H,(H,11,12,13). The Balaban J connectivity index is 0.000000186. The van der Waals surface area contributed by atoms with Crippen LogP contribution in [0.1, 0.15) is 38.2 Å². The van der Waals surface area contributed by atoms with Gasteiger partial charge in [-0.25, -0.2) is 9.98 Å². The summed E-state index contributed by atoms with van der Waals surface area (Å²) in [6, 6.07) is 19.7. The number of nitrogens with two attached hydrogens (primary N) is 1. The van der Waals surface area contributed by atoms with Gasteiger partial charge in [0.1, 0.15) is 0 Å². The first-order valence-corrected chi connectivity index (χ1v) is 12.1. The fraction of sp³-hybridized carbons (Fsp3) is 0.250. The third kappa shape index (κ3) is 5.35. The van der Waals surface area contributed by atoms with E-state index in [9.17, 15) is 8.42 Å². The van der Waals surface area contributed by atoms with Crippen molar-refractivity contribution in [3.8, 4) is 0 Å². The van der Waals surface area contributed by atoms with E-state index in [0.717, 1.165) is 28.6 Å². The summed E-state index contributed by atoms with van der Waals surface area (Å²) in [6.45, 7) is 4.28. The third-order valence-corrected chi connectivity index (χ3v) is 6.85. The van der Waals surface area contributed by atoms with E-state index < -0.39 is 10.1 Å². The zero-order valence-corrected chi connectivity index (χ0v) is 19.5. The molecule has 0 amide bonds. The van der Waals surface area contributed by atoms with E-state index in [1.165, 1.54) is 17.7 Å². The lowest BCUT2D eigenvalue weighted by Gasteiger charge is -2.36. The number of hydrogen-bond donors (Lipinski definition) is 2. The highest BCUT2D eigenvalue weighted by molar-refractivity contribution is 7.85. The Morgan fingerprint density at radius 2 is 1.62 bits per heavy atom. The summed E-state index contributed by atoms with van der Waals surface area (Å²) in [4.78, 5) is 8.69. The second-order valence-corrected chi connectivity index (χ2v) is 9.43. The normalized spacial score (nSPS) is 17.4. The molecule has 0 radical (unpaired) electrons. The van der Waals surface area contributed by atoms with Crippen LogP contribution in [0.15, 0.2) is 81.6 Å². The molecule has 0 saturated carbocycles. The Kier molecular flexibility index (Phi) is 7.33. The molecule has 0 fully saturated rings. The van der Waals surface area contributed by atoms with Gasteiger partial charge < -0.3 is 5.73 Å². The van der Waals surface area contributed by atoms with E-state index in [1.54, 1.807) is 12.1 Å². The molecule has 6 nitrogen and oxygen atoms in total. The fourth-order valence-corrected chi connectivity index (χ4v) is 4.50. The lowest BCUT2D eigenvalue weighted by molar-refractivity contribution is 0.373. The largest absolute Gasteiger partial charge is 0.368 e. The van der Waals surface area contributed by atoms with Crippen LogP contribution in [-0.2, 0) is 10.1 Å². The average Bonchev–Trinajstić information content (AvgIpc) is 2.79. The van der Waals surface area contributed by atoms with E-state index in [2.05, 4.69) is 23.8 Å². The van der Waals surface area contributed by atoms with Crippen LogP contribution in [0.25, 0.3) is 10.8 Å². The van der Waals surface area contributed by atoms with Gasteiger partial charge in [0, 0.05) is 17.2 Å². The molecule has 3 N–H and O–H groups in total. The summed E-state index contributed by atoms with van der Waals surface area (Å²) in [5.41, 5.74) is 6.76. The number of benzene rings is 3. The van der Waals surface area contributed by atoms with Gasteiger partial charge >= 0.3 is 0 Å². The molecule has 1 aliphatic rings. The maximum atomic E-state index is 10.8. The smallest absolute Gasteiger partial charge is 0.294 e. The van der Waals surface area contributed by atoms with E-state index in [0.29, 0.717) is 5.96 Å². The van der Waals surface area contributed by atoms with Crippen LogP contribution in [0.5, 0.6) is 0 Å². The zero-order valence-electron chi connectivity index (χ0n) is 17.9. The Labute approximate surface area is 193 Å². The van der Waals surface area contributed by atoms with E-state index in [1.807, 2.05) is 48.7 Å². The van der Waals surface area contributed by atoms with Crippen LogP contribution >= 0.6 is 11.6 Å². The lowest BCUT2D eigenvalue weighted by Crippen LogP contribution is -2.39. The zero-order chi connectivity index (χ0) is 23.4. The first-order valence-electron chi connectivity index (χ1n) is 10.3. The van der Waals surface area contributed by atoms with E-state index >= 15 is 0 Å². The summed E-state index contributed by atoms with van der Waals surface area (Å²) < 4.78 is 30.5. The predicted molar refractivity (Wildman–Crippen MR) is 131 cm³/mol. The summed E-state index contributed by atoms with van der Waals surface area (Å²) in [6.07, 6.45) is 3.78. The number of fused-ring (bicyclic) bond motifs is 1. The van der Waals surface area contributed by atoms with Crippen molar-refractivity contribution < 1.29 is 13.0 Å². The van der Waals surface area contributed by atoms with Gasteiger partial charge in [0.2, 0.25) is 5.96 Å². The van der Waals surface area contributed by atoms with Crippen molar-refractivity contribution in [2.24, 2.45) is 15.7 Å². The Bertz CT molecular complexity index is 1250. The molecule has 32 heavy (non-hydrogen) atoms. The number of rotatable bonds is 4. The van der Waals surface area contributed by atoms with Crippen molar-refractivity contribution in [1.29, 1.82) is 0 Å². The highest BCUT2D eigenvalue weighted by atomic mass is 35.5. The molecule has 1 atom stereocenters. The highest BCUT2D eigenvalue weighted by Gasteiger charge is 2.37. The Morgan fingerprint density at radius 3 is 2.22 bits per heavy atom. The average molecular weight is 472 g/mol. The van der Waals surface area contributed by atoms with Crippen molar-refractivity contribution in [2.45, 2.75) is 43.0 Å². The van der Waals surface area contributed by atoms with Crippen LogP contribution in [0.3, 0.4) is 0 Å². The molecule has 0 aromatic heterocycles. The van der Waals surface area contributed by atoms with Gasteiger partial charge in [-0.05, 0) is 53.4 Å². The molecule has 3 aromatic rings. The molecule has 0 spiro atoms. The second kappa shape index (κ2) is 9.81. The first kappa shape index (κ1) is 23.9. The molecular weight excluding hydrogens is 446 g/mol. The van der Waals surface area contributed by atoms with Crippen LogP contribution in [0.2, 0.25) is 5.02 Å². The van der Waals surface area contributed by atoms with Gasteiger partial charge in [-0.3, -0.25) is 4.55 Å². The SMILES string of the molecule is CCC1(CC)N=C(N)N=CC1c1ccc(Cl)cc1.O=S(=O)(O)c1ccc2ccccc2c1. The van der Waals surface area contributed by atoms with Gasteiger partial charge in [0.05, 0.1) is 10.4 Å². The summed E-state index contributed by atoms with van der Waals surface area (Å²) >= 11 is 5.93.